The Morgan fingerprint density at radius 2 is 1.71 bits per heavy atom. The molecule has 0 aromatic heterocycles. The normalized spacial score (nSPS) is 23.9. The lowest BCUT2D eigenvalue weighted by Gasteiger charge is -2.32. The number of nitrogens with zero attached hydrogens (tertiary/aromatic N) is 1. The van der Waals surface area contributed by atoms with Gasteiger partial charge >= 0.3 is 13.2 Å². The number of amides is 1. The predicted molar refractivity (Wildman–Crippen MR) is 111 cm³/mol. The van der Waals surface area contributed by atoms with Crippen LogP contribution in [-0.2, 0) is 20.4 Å². The molecule has 0 bridgehead atoms. The van der Waals surface area contributed by atoms with E-state index in [1.165, 1.54) is 5.56 Å². The zero-order valence-corrected chi connectivity index (χ0v) is 18.4. The first-order chi connectivity index (χ1) is 12.9. The van der Waals surface area contributed by atoms with Crippen LogP contribution in [0.2, 0.25) is 0 Å². The Balaban J connectivity index is 1.65. The first kappa shape index (κ1) is 21.2. The van der Waals surface area contributed by atoms with Gasteiger partial charge in [0.2, 0.25) is 0 Å². The lowest BCUT2D eigenvalue weighted by atomic mass is 9.80. The minimum absolute atomic E-state index is 0.0840. The lowest BCUT2D eigenvalue weighted by Crippen LogP contribution is -2.41. The maximum atomic E-state index is 12.5. The fourth-order valence-electron chi connectivity index (χ4n) is 3.77. The van der Waals surface area contributed by atoms with Crippen LogP contribution in [0.5, 0.6) is 0 Å². The average Bonchev–Trinajstić information content (AvgIpc) is 3.09. The minimum Gasteiger partial charge on any atom is -0.444 e. The quantitative estimate of drug-likeness (QED) is 0.690. The molecule has 2 aliphatic heterocycles. The number of carbonyl (C=O) groups excluding carboxylic acids is 1. The van der Waals surface area contributed by atoms with E-state index < -0.39 is 5.60 Å². The van der Waals surface area contributed by atoms with Crippen LogP contribution in [0.3, 0.4) is 0 Å². The summed E-state index contributed by atoms with van der Waals surface area (Å²) in [7, 11) is -0.236. The monoisotopic (exact) mass is 387 g/mol. The zero-order valence-electron chi connectivity index (χ0n) is 18.4. The van der Waals surface area contributed by atoms with E-state index in [1.807, 2.05) is 25.7 Å². The van der Waals surface area contributed by atoms with Gasteiger partial charge in [-0.2, -0.15) is 0 Å². The molecule has 0 aliphatic carbocycles. The van der Waals surface area contributed by atoms with Gasteiger partial charge in [0.15, 0.2) is 0 Å². The van der Waals surface area contributed by atoms with Crippen molar-refractivity contribution >= 4 is 13.2 Å². The molecule has 2 fully saturated rings. The predicted octanol–water partition coefficient (Wildman–Crippen LogP) is 4.93. The smallest absolute Gasteiger partial charge is 0.444 e. The Hall–Kier alpha value is -1.53. The number of carbonyl (C=O) groups is 1. The van der Waals surface area contributed by atoms with Gasteiger partial charge in [0.1, 0.15) is 5.60 Å². The fourth-order valence-corrected chi connectivity index (χ4v) is 3.77. The molecule has 0 radical (unpaired) electrons. The van der Waals surface area contributed by atoms with Gasteiger partial charge in [0, 0.05) is 12.9 Å². The first-order valence-corrected chi connectivity index (χ1v) is 10.3. The van der Waals surface area contributed by atoms with Crippen molar-refractivity contribution < 1.29 is 18.8 Å². The van der Waals surface area contributed by atoms with Crippen molar-refractivity contribution in [2.45, 2.75) is 90.5 Å². The van der Waals surface area contributed by atoms with Gasteiger partial charge in [-0.05, 0) is 72.4 Å². The number of ether oxygens (including phenoxy) is 1. The highest BCUT2D eigenvalue weighted by molar-refractivity contribution is 6.45. The van der Waals surface area contributed by atoms with Crippen molar-refractivity contribution in [2.75, 3.05) is 6.54 Å². The van der Waals surface area contributed by atoms with E-state index in [1.54, 1.807) is 0 Å². The highest BCUT2D eigenvalue weighted by Gasteiger charge is 2.50. The highest BCUT2D eigenvalue weighted by atomic mass is 16.7. The van der Waals surface area contributed by atoms with Gasteiger partial charge in [-0.1, -0.05) is 24.3 Å². The van der Waals surface area contributed by atoms with Gasteiger partial charge < -0.3 is 18.9 Å². The zero-order chi connectivity index (χ0) is 20.7. The van der Waals surface area contributed by atoms with Crippen molar-refractivity contribution in [1.29, 1.82) is 0 Å². The van der Waals surface area contributed by atoms with Gasteiger partial charge in [-0.3, -0.25) is 0 Å². The van der Waals surface area contributed by atoms with Crippen LogP contribution < -0.4 is 0 Å². The number of likely N-dealkylation sites (tertiary alicyclic amines) is 1. The third-order valence-corrected chi connectivity index (χ3v) is 5.95. The standard InChI is InChI=1S/C22H34BNO4/c1-20(2,3)26-19(25)24-14-8-9-18(24)17-12-10-16(11-13-17)15-23-27-21(4,5)22(6,7)28-23/h10-13,18H,8-9,14-15H2,1-7H3/t18-/m1/s1. The molecule has 1 amide bonds. The molecule has 5 nitrogen and oxygen atoms in total. The van der Waals surface area contributed by atoms with E-state index in [-0.39, 0.29) is 30.5 Å². The summed E-state index contributed by atoms with van der Waals surface area (Å²) in [5, 5.41) is 0. The summed E-state index contributed by atoms with van der Waals surface area (Å²) >= 11 is 0. The Morgan fingerprint density at radius 1 is 1.14 bits per heavy atom. The Morgan fingerprint density at radius 3 is 2.25 bits per heavy atom. The summed E-state index contributed by atoms with van der Waals surface area (Å²) in [4.78, 5) is 14.4. The van der Waals surface area contributed by atoms with Crippen LogP contribution >= 0.6 is 0 Å². The maximum Gasteiger partial charge on any atom is 0.462 e. The van der Waals surface area contributed by atoms with Crippen molar-refractivity contribution in [3.63, 3.8) is 0 Å². The first-order valence-electron chi connectivity index (χ1n) is 10.3. The molecule has 1 aromatic rings. The van der Waals surface area contributed by atoms with Crippen molar-refractivity contribution in [3.8, 4) is 0 Å². The molecule has 0 saturated carbocycles. The van der Waals surface area contributed by atoms with E-state index in [9.17, 15) is 4.79 Å². The Labute approximate surface area is 169 Å². The second-order valence-corrected chi connectivity index (χ2v) is 9.96. The Bertz CT molecular complexity index is 692. The van der Waals surface area contributed by atoms with Crippen LogP contribution in [0.15, 0.2) is 24.3 Å². The van der Waals surface area contributed by atoms with E-state index in [2.05, 4.69) is 52.0 Å². The number of rotatable bonds is 3. The summed E-state index contributed by atoms with van der Waals surface area (Å²) in [6.45, 7) is 14.7. The molecule has 1 aromatic carbocycles. The molecular weight excluding hydrogens is 353 g/mol. The minimum atomic E-state index is -0.475. The topological polar surface area (TPSA) is 48.0 Å². The SMILES string of the molecule is CC(C)(C)OC(=O)N1CCC[C@@H]1c1ccc(CB2OC(C)(C)C(C)(C)O2)cc1. The van der Waals surface area contributed by atoms with Crippen molar-refractivity contribution in [1.82, 2.24) is 4.90 Å². The van der Waals surface area contributed by atoms with E-state index in [0.29, 0.717) is 6.32 Å². The number of benzene rings is 1. The Kier molecular flexibility index (Phi) is 5.58. The number of hydrogen-bond donors (Lipinski definition) is 0. The summed E-state index contributed by atoms with van der Waals surface area (Å²) in [6.07, 6.45) is 2.46. The molecule has 0 unspecified atom stereocenters. The van der Waals surface area contributed by atoms with Gasteiger partial charge in [0.05, 0.1) is 17.2 Å². The second-order valence-electron chi connectivity index (χ2n) is 9.96. The van der Waals surface area contributed by atoms with E-state index >= 15 is 0 Å². The fraction of sp³-hybridized carbons (Fsp3) is 0.682. The summed E-state index contributed by atoms with van der Waals surface area (Å²) in [6, 6.07) is 8.56. The molecule has 6 heteroatoms. The second kappa shape index (κ2) is 7.38. The van der Waals surface area contributed by atoms with Crippen LogP contribution in [0.4, 0.5) is 4.79 Å². The average molecular weight is 387 g/mol. The molecule has 28 heavy (non-hydrogen) atoms. The van der Waals surface area contributed by atoms with Gasteiger partial charge in [0.25, 0.3) is 0 Å². The molecule has 1 atom stereocenters. The third kappa shape index (κ3) is 4.55. The third-order valence-electron chi connectivity index (χ3n) is 5.95. The van der Waals surface area contributed by atoms with Crippen LogP contribution in [-0.4, -0.2) is 41.5 Å². The molecule has 2 saturated heterocycles. The highest BCUT2D eigenvalue weighted by Crippen LogP contribution is 2.38. The molecule has 154 valence electrons. The maximum absolute atomic E-state index is 12.5. The van der Waals surface area contributed by atoms with Crippen LogP contribution in [0, 0.1) is 0 Å². The molecular formula is C22H34BNO4. The molecule has 2 heterocycles. The molecule has 3 rings (SSSR count). The van der Waals surface area contributed by atoms with E-state index in [0.717, 1.165) is 24.9 Å². The van der Waals surface area contributed by atoms with Crippen LogP contribution in [0.25, 0.3) is 0 Å². The van der Waals surface area contributed by atoms with Crippen molar-refractivity contribution in [3.05, 3.63) is 35.4 Å². The lowest BCUT2D eigenvalue weighted by molar-refractivity contribution is 0.00578. The van der Waals surface area contributed by atoms with E-state index in [4.69, 9.17) is 14.0 Å². The summed E-state index contributed by atoms with van der Waals surface area (Å²) in [5.41, 5.74) is 1.23. The van der Waals surface area contributed by atoms with Crippen LogP contribution in [0.1, 0.15) is 78.5 Å². The summed E-state index contributed by atoms with van der Waals surface area (Å²) < 4.78 is 17.8. The molecule has 0 N–H and O–H groups in total. The summed E-state index contributed by atoms with van der Waals surface area (Å²) in [5.74, 6) is 0. The number of hydrogen-bond acceptors (Lipinski definition) is 4. The largest absolute Gasteiger partial charge is 0.462 e. The molecule has 0 spiro atoms. The van der Waals surface area contributed by atoms with Crippen molar-refractivity contribution in [2.24, 2.45) is 0 Å². The van der Waals surface area contributed by atoms with Gasteiger partial charge in [-0.25, -0.2) is 4.79 Å². The molecule has 2 aliphatic rings. The van der Waals surface area contributed by atoms with Gasteiger partial charge in [-0.15, -0.1) is 0 Å².